The normalized spacial score (nSPS) is 11.4. The Kier molecular flexibility index (Phi) is 4.97. The van der Waals surface area contributed by atoms with Gasteiger partial charge in [0, 0.05) is 27.7 Å². The van der Waals surface area contributed by atoms with E-state index in [0.717, 1.165) is 32.8 Å². The van der Waals surface area contributed by atoms with Crippen molar-refractivity contribution < 1.29 is 0 Å². The summed E-state index contributed by atoms with van der Waals surface area (Å²) in [5.41, 5.74) is 3.68. The van der Waals surface area contributed by atoms with Gasteiger partial charge in [-0.05, 0) is 51.8 Å². The van der Waals surface area contributed by atoms with Crippen LogP contribution < -0.4 is 0 Å². The highest BCUT2D eigenvalue weighted by atomic mass is 79.9. The Balaban J connectivity index is 1.57. The molecule has 1 N–H and O–H groups in total. The van der Waals surface area contributed by atoms with Gasteiger partial charge in [-0.1, -0.05) is 40.9 Å². The molecule has 132 valence electrons. The van der Waals surface area contributed by atoms with Crippen LogP contribution in [-0.2, 0) is 13.0 Å². The van der Waals surface area contributed by atoms with Crippen molar-refractivity contribution in [3.8, 4) is 0 Å². The van der Waals surface area contributed by atoms with Crippen LogP contribution in [0.1, 0.15) is 17.1 Å². The highest BCUT2D eigenvalue weighted by Crippen LogP contribution is 2.24. The van der Waals surface area contributed by atoms with Crippen LogP contribution in [0, 0.1) is 0 Å². The molecular weight excluding hydrogens is 458 g/mol. The summed E-state index contributed by atoms with van der Waals surface area (Å²) >= 11 is 21.7. The third-order valence-corrected chi connectivity index (χ3v) is 5.43. The maximum absolute atomic E-state index is 6.26. The molecular formula is C18H12BrCl3N4. The fourth-order valence-corrected chi connectivity index (χ4v) is 3.87. The van der Waals surface area contributed by atoms with E-state index in [2.05, 4.69) is 30.9 Å². The van der Waals surface area contributed by atoms with Crippen molar-refractivity contribution in [2.45, 2.75) is 13.0 Å². The van der Waals surface area contributed by atoms with Crippen LogP contribution >= 0.6 is 50.7 Å². The molecule has 0 amide bonds. The lowest BCUT2D eigenvalue weighted by atomic mass is 10.1. The number of rotatable bonds is 4. The molecule has 4 aromatic rings. The molecule has 4 rings (SSSR count). The molecule has 0 saturated carbocycles. The Morgan fingerprint density at radius 2 is 1.77 bits per heavy atom. The van der Waals surface area contributed by atoms with Gasteiger partial charge in [0.05, 0.1) is 23.3 Å². The van der Waals surface area contributed by atoms with Gasteiger partial charge in [-0.3, -0.25) is 0 Å². The van der Waals surface area contributed by atoms with E-state index in [1.54, 1.807) is 6.07 Å². The largest absolute Gasteiger partial charge is 0.340 e. The Morgan fingerprint density at radius 1 is 1.00 bits per heavy atom. The average Bonchev–Trinajstić information content (AvgIpc) is 3.13. The predicted octanol–water partition coefficient (Wildman–Crippen LogP) is 6.12. The van der Waals surface area contributed by atoms with Crippen LogP contribution in [0.3, 0.4) is 0 Å². The molecule has 0 spiro atoms. The van der Waals surface area contributed by atoms with E-state index >= 15 is 0 Å². The summed E-state index contributed by atoms with van der Waals surface area (Å²) in [6, 6.07) is 11.1. The Morgan fingerprint density at radius 3 is 2.58 bits per heavy atom. The Hall–Kier alpha value is -1.53. The monoisotopic (exact) mass is 468 g/mol. The van der Waals surface area contributed by atoms with Crippen molar-refractivity contribution >= 4 is 61.8 Å². The van der Waals surface area contributed by atoms with Gasteiger partial charge in [0.15, 0.2) is 4.73 Å². The number of aromatic amines is 1. The maximum Gasteiger partial charge on any atom is 0.177 e. The van der Waals surface area contributed by atoms with Crippen molar-refractivity contribution in [1.29, 1.82) is 0 Å². The summed E-state index contributed by atoms with van der Waals surface area (Å²) in [6.07, 6.45) is 2.60. The van der Waals surface area contributed by atoms with Gasteiger partial charge in [0.25, 0.3) is 0 Å². The smallest absolute Gasteiger partial charge is 0.177 e. The van der Waals surface area contributed by atoms with Gasteiger partial charge in [-0.25, -0.2) is 9.97 Å². The minimum Gasteiger partial charge on any atom is -0.340 e. The predicted molar refractivity (Wildman–Crippen MR) is 109 cm³/mol. The molecule has 2 heterocycles. The second-order valence-electron chi connectivity index (χ2n) is 5.89. The summed E-state index contributed by atoms with van der Waals surface area (Å²) in [7, 11) is 0. The number of imidazole rings is 2. The van der Waals surface area contributed by atoms with Gasteiger partial charge >= 0.3 is 0 Å². The molecule has 2 aromatic carbocycles. The summed E-state index contributed by atoms with van der Waals surface area (Å²) in [5.74, 6) is 0.830. The molecule has 4 nitrogen and oxygen atoms in total. The van der Waals surface area contributed by atoms with E-state index in [-0.39, 0.29) is 0 Å². The standard InChI is InChI=1S/C18H12BrCl3N4/c19-18-23-13(5-10-1-2-11(20)6-14(10)22)8-26(18)9-17-24-15-4-3-12(21)7-16(15)25-17/h1-4,6-8H,5,9H2,(H,24,25). The topological polar surface area (TPSA) is 46.5 Å². The van der Waals surface area contributed by atoms with Crippen molar-refractivity contribution in [3.63, 3.8) is 0 Å². The fourth-order valence-electron chi connectivity index (χ4n) is 2.77. The van der Waals surface area contributed by atoms with E-state index in [9.17, 15) is 0 Å². The maximum atomic E-state index is 6.26. The van der Waals surface area contributed by atoms with Crippen molar-refractivity contribution in [2.24, 2.45) is 0 Å². The molecule has 0 fully saturated rings. The first-order valence-electron chi connectivity index (χ1n) is 7.77. The molecule has 0 saturated heterocycles. The Labute approximate surface area is 173 Å². The van der Waals surface area contributed by atoms with Gasteiger partial charge in [-0.15, -0.1) is 0 Å². The van der Waals surface area contributed by atoms with Crippen LogP contribution in [-0.4, -0.2) is 19.5 Å². The second-order valence-corrected chi connectivity index (χ2v) is 7.88. The summed E-state index contributed by atoms with van der Waals surface area (Å²) in [6.45, 7) is 0.564. The van der Waals surface area contributed by atoms with Crippen LogP contribution in [0.5, 0.6) is 0 Å². The van der Waals surface area contributed by atoms with Crippen LogP contribution in [0.25, 0.3) is 11.0 Å². The average molecular weight is 471 g/mol. The van der Waals surface area contributed by atoms with Crippen LogP contribution in [0.2, 0.25) is 15.1 Å². The summed E-state index contributed by atoms with van der Waals surface area (Å²) in [4.78, 5) is 12.4. The molecule has 0 bridgehead atoms. The lowest BCUT2D eigenvalue weighted by molar-refractivity contribution is 0.739. The first-order chi connectivity index (χ1) is 12.5. The fraction of sp³-hybridized carbons (Fsp3) is 0.111. The summed E-state index contributed by atoms with van der Waals surface area (Å²) in [5, 5.41) is 1.94. The molecule has 0 aliphatic carbocycles. The van der Waals surface area contributed by atoms with E-state index in [1.807, 2.05) is 41.1 Å². The molecule has 0 unspecified atom stereocenters. The van der Waals surface area contributed by atoms with Gasteiger partial charge in [0.1, 0.15) is 5.82 Å². The zero-order valence-corrected chi connectivity index (χ0v) is 17.2. The first-order valence-corrected chi connectivity index (χ1v) is 9.70. The molecule has 26 heavy (non-hydrogen) atoms. The number of nitrogens with zero attached hydrogens (tertiary/aromatic N) is 3. The van der Waals surface area contributed by atoms with Crippen molar-refractivity contribution in [1.82, 2.24) is 19.5 Å². The molecule has 0 aliphatic heterocycles. The molecule has 8 heteroatoms. The zero-order chi connectivity index (χ0) is 18.3. The number of nitrogens with one attached hydrogen (secondary N) is 1. The van der Waals surface area contributed by atoms with Crippen molar-refractivity contribution in [2.75, 3.05) is 0 Å². The number of benzene rings is 2. The highest BCUT2D eigenvalue weighted by molar-refractivity contribution is 9.10. The third-order valence-electron chi connectivity index (χ3n) is 3.98. The van der Waals surface area contributed by atoms with Crippen LogP contribution in [0.15, 0.2) is 47.3 Å². The minimum atomic E-state index is 0.564. The lowest BCUT2D eigenvalue weighted by Crippen LogP contribution is -2.00. The minimum absolute atomic E-state index is 0.564. The molecule has 0 atom stereocenters. The van der Waals surface area contributed by atoms with Gasteiger partial charge in [0.2, 0.25) is 0 Å². The second kappa shape index (κ2) is 7.24. The zero-order valence-electron chi connectivity index (χ0n) is 13.3. The summed E-state index contributed by atoms with van der Waals surface area (Å²) < 4.78 is 2.72. The number of hydrogen-bond acceptors (Lipinski definition) is 2. The molecule has 0 aliphatic rings. The number of fused-ring (bicyclic) bond motifs is 1. The van der Waals surface area contributed by atoms with Crippen molar-refractivity contribution in [3.05, 3.63) is 79.5 Å². The third kappa shape index (κ3) is 3.76. The number of aromatic nitrogens is 4. The van der Waals surface area contributed by atoms with Gasteiger partial charge < -0.3 is 9.55 Å². The Bertz CT molecular complexity index is 1100. The molecule has 2 aromatic heterocycles. The first kappa shape index (κ1) is 17.9. The van der Waals surface area contributed by atoms with Crippen LogP contribution in [0.4, 0.5) is 0 Å². The van der Waals surface area contributed by atoms with E-state index in [1.165, 1.54) is 0 Å². The quantitative estimate of drug-likeness (QED) is 0.391. The SMILES string of the molecule is Clc1ccc(Cc2cn(Cc3nc4ccc(Cl)cc4[nH]3)c(Br)n2)c(Cl)c1. The van der Waals surface area contributed by atoms with E-state index in [4.69, 9.17) is 34.8 Å². The molecule has 0 radical (unpaired) electrons. The van der Waals surface area contributed by atoms with E-state index in [0.29, 0.717) is 28.0 Å². The highest BCUT2D eigenvalue weighted by Gasteiger charge is 2.11. The van der Waals surface area contributed by atoms with Gasteiger partial charge in [-0.2, -0.15) is 0 Å². The van der Waals surface area contributed by atoms with E-state index < -0.39 is 0 Å². The number of halogens is 4. The number of hydrogen-bond donors (Lipinski definition) is 1. The number of H-pyrrole nitrogens is 1. The lowest BCUT2D eigenvalue weighted by Gasteiger charge is -2.02.